The lowest BCUT2D eigenvalue weighted by molar-refractivity contribution is -0.907. The first-order valence-corrected chi connectivity index (χ1v) is 10.3. The highest BCUT2D eigenvalue weighted by Crippen LogP contribution is 2.13. The topological polar surface area (TPSA) is 57.0 Å². The number of halogens is 4. The number of carbonyl (C=O) groups excluding carboxylic acids is 2. The van der Waals surface area contributed by atoms with E-state index in [1.807, 2.05) is 0 Å². The van der Waals surface area contributed by atoms with E-state index >= 15 is 0 Å². The first-order chi connectivity index (χ1) is 9.90. The van der Waals surface area contributed by atoms with E-state index in [2.05, 4.69) is 63.7 Å². The van der Waals surface area contributed by atoms with Crippen LogP contribution in [0.3, 0.4) is 0 Å². The third-order valence-corrected chi connectivity index (χ3v) is 4.62. The zero-order valence-electron chi connectivity index (χ0n) is 11.3. The zero-order valence-corrected chi connectivity index (χ0v) is 17.7. The van der Waals surface area contributed by atoms with Crippen LogP contribution in [0.2, 0.25) is 0 Å². The minimum absolute atomic E-state index is 0.0640. The largest absolute Gasteiger partial charge is 0.460 e. The Labute approximate surface area is 158 Å². The second kappa shape index (κ2) is 10.6. The average molecular weight is 560 g/mol. The van der Waals surface area contributed by atoms with E-state index in [0.717, 1.165) is 13.1 Å². The van der Waals surface area contributed by atoms with Gasteiger partial charge in [-0.3, -0.25) is 0 Å². The molecule has 0 aromatic heterocycles. The molecule has 1 N–H and O–H groups in total. The van der Waals surface area contributed by atoms with Gasteiger partial charge < -0.3 is 14.4 Å². The first kappa shape index (κ1) is 19.9. The van der Waals surface area contributed by atoms with Crippen LogP contribution in [-0.2, 0) is 19.1 Å². The van der Waals surface area contributed by atoms with Crippen LogP contribution in [-0.4, -0.2) is 51.8 Å². The maximum atomic E-state index is 11.7. The zero-order chi connectivity index (χ0) is 15.8. The van der Waals surface area contributed by atoms with Gasteiger partial charge in [0.1, 0.15) is 13.2 Å². The molecule has 0 bridgehead atoms. The Hall–Kier alpha value is 0.820. The monoisotopic (exact) mass is 556 g/mol. The molecule has 0 amide bonds. The van der Waals surface area contributed by atoms with Crippen LogP contribution in [0, 0.1) is 0 Å². The second-order valence-electron chi connectivity index (χ2n) is 4.81. The van der Waals surface area contributed by atoms with Crippen molar-refractivity contribution in [3.05, 3.63) is 0 Å². The summed E-state index contributed by atoms with van der Waals surface area (Å²) in [6.45, 7) is 2.84. The number of ether oxygens (including phenoxy) is 2. The van der Waals surface area contributed by atoms with Crippen molar-refractivity contribution in [3.8, 4) is 0 Å². The van der Waals surface area contributed by atoms with E-state index in [0.29, 0.717) is 6.54 Å². The van der Waals surface area contributed by atoms with E-state index in [-0.39, 0.29) is 6.61 Å². The van der Waals surface area contributed by atoms with E-state index in [4.69, 9.17) is 9.47 Å². The molecule has 1 fully saturated rings. The van der Waals surface area contributed by atoms with Crippen molar-refractivity contribution in [1.29, 1.82) is 0 Å². The molecule has 122 valence electrons. The fraction of sp³-hybridized carbons (Fsp3) is 0.833. The van der Waals surface area contributed by atoms with Crippen molar-refractivity contribution in [1.82, 2.24) is 0 Å². The molecule has 1 rings (SSSR count). The number of piperidine rings is 1. The summed E-state index contributed by atoms with van der Waals surface area (Å²) < 4.78 is 9.41. The molecule has 1 saturated heterocycles. The highest BCUT2D eigenvalue weighted by molar-refractivity contribution is 9.25. The summed E-state index contributed by atoms with van der Waals surface area (Å²) in [6.07, 6.45) is 3.18. The standard InChI is InChI=1S/C12H17Br4NO4/c13-9(14)11(18)20-7-8(21-12(19)10(15)16)6-17-4-2-1-3-5-17/h8-10H,1-7H2/p+1. The summed E-state index contributed by atoms with van der Waals surface area (Å²) in [5.41, 5.74) is 0. The Morgan fingerprint density at radius 2 is 1.52 bits per heavy atom. The van der Waals surface area contributed by atoms with Gasteiger partial charge >= 0.3 is 11.9 Å². The Balaban J connectivity index is 2.51. The summed E-state index contributed by atoms with van der Waals surface area (Å²) in [5, 5.41) is 0. The molecule has 9 heteroatoms. The molecule has 0 aromatic rings. The highest BCUT2D eigenvalue weighted by atomic mass is 79.9. The maximum Gasteiger partial charge on any atom is 0.331 e. The van der Waals surface area contributed by atoms with Crippen LogP contribution in [0.5, 0.6) is 0 Å². The number of esters is 2. The molecular formula is C12H18Br4NO4+. The van der Waals surface area contributed by atoms with E-state index in [9.17, 15) is 9.59 Å². The van der Waals surface area contributed by atoms with Crippen molar-refractivity contribution in [3.63, 3.8) is 0 Å². The Morgan fingerprint density at radius 1 is 0.952 bits per heavy atom. The van der Waals surface area contributed by atoms with E-state index < -0.39 is 25.5 Å². The van der Waals surface area contributed by atoms with Crippen molar-refractivity contribution in [2.75, 3.05) is 26.2 Å². The summed E-state index contributed by atoms with van der Waals surface area (Å²) in [7, 11) is 0. The molecule has 1 aliphatic rings. The summed E-state index contributed by atoms with van der Waals surface area (Å²) >= 11 is 12.4. The van der Waals surface area contributed by atoms with Crippen LogP contribution in [0.15, 0.2) is 0 Å². The van der Waals surface area contributed by atoms with Crippen molar-refractivity contribution in [2.24, 2.45) is 0 Å². The molecule has 1 unspecified atom stereocenters. The van der Waals surface area contributed by atoms with Crippen LogP contribution in [0.25, 0.3) is 0 Å². The molecule has 5 nitrogen and oxygen atoms in total. The van der Waals surface area contributed by atoms with Gasteiger partial charge in [0, 0.05) is 0 Å². The lowest BCUT2D eigenvalue weighted by Gasteiger charge is -2.27. The van der Waals surface area contributed by atoms with Crippen molar-refractivity contribution >= 4 is 75.7 Å². The normalized spacial score (nSPS) is 17.8. The summed E-state index contributed by atoms with van der Waals surface area (Å²) in [4.78, 5) is 24.5. The summed E-state index contributed by atoms with van der Waals surface area (Å²) in [6, 6.07) is 0. The molecule has 0 saturated carbocycles. The number of nitrogens with one attached hydrogen (secondary N) is 1. The second-order valence-corrected chi connectivity index (χ2v) is 10.9. The Bertz CT molecular complexity index is 348. The lowest BCUT2D eigenvalue weighted by Crippen LogP contribution is -3.14. The Kier molecular flexibility index (Phi) is 10.00. The van der Waals surface area contributed by atoms with Gasteiger partial charge in [-0.15, -0.1) is 0 Å². The number of likely N-dealkylation sites (tertiary alicyclic amines) is 1. The van der Waals surface area contributed by atoms with Crippen LogP contribution >= 0.6 is 63.7 Å². The Morgan fingerprint density at radius 3 is 2.05 bits per heavy atom. The van der Waals surface area contributed by atoms with E-state index in [1.165, 1.54) is 24.2 Å². The molecule has 1 atom stereocenters. The van der Waals surface area contributed by atoms with Gasteiger partial charge in [0.25, 0.3) is 0 Å². The van der Waals surface area contributed by atoms with Gasteiger partial charge in [0.15, 0.2) is 13.6 Å². The minimum Gasteiger partial charge on any atom is -0.460 e. The minimum atomic E-state index is -0.556. The van der Waals surface area contributed by atoms with Crippen LogP contribution in [0.1, 0.15) is 19.3 Å². The quantitative estimate of drug-likeness (QED) is 0.382. The molecule has 1 aliphatic heterocycles. The molecule has 0 radical (unpaired) electrons. The number of hydrogen-bond acceptors (Lipinski definition) is 4. The average Bonchev–Trinajstić information content (AvgIpc) is 2.45. The van der Waals surface area contributed by atoms with Crippen molar-refractivity contribution < 1.29 is 24.0 Å². The van der Waals surface area contributed by atoms with Crippen molar-refractivity contribution in [2.45, 2.75) is 32.8 Å². The van der Waals surface area contributed by atoms with Crippen LogP contribution < -0.4 is 4.90 Å². The van der Waals surface area contributed by atoms with Gasteiger partial charge in [-0.2, -0.15) is 0 Å². The highest BCUT2D eigenvalue weighted by Gasteiger charge is 2.26. The molecule has 21 heavy (non-hydrogen) atoms. The number of rotatable bonds is 7. The fourth-order valence-corrected chi connectivity index (χ4v) is 2.65. The predicted octanol–water partition coefficient (Wildman–Crippen LogP) is 1.74. The smallest absolute Gasteiger partial charge is 0.331 e. The van der Waals surface area contributed by atoms with Gasteiger partial charge in [-0.25, -0.2) is 9.59 Å². The SMILES string of the molecule is O=C(OCC(C[NH+]1CCCCC1)OC(=O)C(Br)Br)C(Br)Br. The van der Waals surface area contributed by atoms with Gasteiger partial charge in [-0.05, 0) is 19.3 Å². The van der Waals surface area contributed by atoms with Gasteiger partial charge in [0.05, 0.1) is 13.1 Å². The third-order valence-electron chi connectivity index (χ3n) is 3.13. The number of alkyl halides is 4. The molecule has 0 spiro atoms. The third kappa shape index (κ3) is 8.29. The summed E-state index contributed by atoms with van der Waals surface area (Å²) in [5.74, 6) is -0.847. The fourth-order valence-electron chi connectivity index (χ4n) is 2.17. The molecule has 0 aliphatic carbocycles. The first-order valence-electron chi connectivity index (χ1n) is 6.67. The maximum absolute atomic E-state index is 11.7. The number of carbonyl (C=O) groups is 2. The van der Waals surface area contributed by atoms with Gasteiger partial charge in [-0.1, -0.05) is 63.7 Å². The molecule has 1 heterocycles. The number of hydrogen-bond donors (Lipinski definition) is 1. The predicted molar refractivity (Wildman–Crippen MR) is 93.5 cm³/mol. The lowest BCUT2D eigenvalue weighted by atomic mass is 10.1. The van der Waals surface area contributed by atoms with Gasteiger partial charge in [0.2, 0.25) is 0 Å². The molecule has 0 aromatic carbocycles. The molecular weight excluding hydrogens is 542 g/mol. The van der Waals surface area contributed by atoms with Crippen LogP contribution in [0.4, 0.5) is 0 Å². The van der Waals surface area contributed by atoms with E-state index in [1.54, 1.807) is 0 Å². The number of quaternary nitrogens is 1.